The maximum Gasteiger partial charge on any atom is 0.328 e. The van der Waals surface area contributed by atoms with Crippen LogP contribution in [-0.4, -0.2) is 73.2 Å². The summed E-state index contributed by atoms with van der Waals surface area (Å²) in [7, 11) is 0. The molecule has 3 N–H and O–H groups in total. The molecule has 38 heavy (non-hydrogen) atoms. The molecule has 1 heterocycles. The van der Waals surface area contributed by atoms with Crippen molar-refractivity contribution < 1.29 is 29.0 Å². The number of halogens is 4. The molecule has 3 rings (SSSR count). The Labute approximate surface area is 244 Å². The molecule has 9 nitrogen and oxygen atoms in total. The van der Waals surface area contributed by atoms with E-state index in [1.165, 1.54) is 0 Å². The minimum atomic E-state index is -1.01. The molecule has 2 aromatic carbocycles. The molecule has 0 aromatic heterocycles. The van der Waals surface area contributed by atoms with Crippen molar-refractivity contribution >= 4 is 65.9 Å². The Hall–Kier alpha value is -2.27. The fourth-order valence-electron chi connectivity index (χ4n) is 3.73. The van der Waals surface area contributed by atoms with Crippen LogP contribution >= 0.6 is 48.0 Å². The summed E-state index contributed by atoms with van der Waals surface area (Å²) in [6.45, 7) is 5.68. The van der Waals surface area contributed by atoms with Gasteiger partial charge in [0.1, 0.15) is 11.1 Å². The van der Waals surface area contributed by atoms with Crippen molar-refractivity contribution in [3.05, 3.63) is 57.6 Å². The standard InChI is InChI=1S/C25H29Cl2N3O6.2ClH/c1-2-35-25(34)19(14-16-6-4-3-5-7-16)29-24(33)17-15-18(26)23(21(27)22(17)32)36-20(31)8-11-30-12-9-28-10-13-30;;/h3-7,15,19,28,32H,2,8-14H2,1H3,(H,29,33);2*1H/t19-;;/m0../s1. The van der Waals surface area contributed by atoms with Gasteiger partial charge in [-0.15, -0.1) is 24.8 Å². The molecule has 0 radical (unpaired) electrons. The highest BCUT2D eigenvalue weighted by atomic mass is 35.5. The van der Waals surface area contributed by atoms with Crippen molar-refractivity contribution in [3.63, 3.8) is 0 Å². The maximum absolute atomic E-state index is 13.0. The van der Waals surface area contributed by atoms with Gasteiger partial charge in [0, 0.05) is 39.1 Å². The summed E-state index contributed by atoms with van der Waals surface area (Å²) < 4.78 is 10.4. The predicted molar refractivity (Wildman–Crippen MR) is 150 cm³/mol. The minimum absolute atomic E-state index is 0. The second kappa shape index (κ2) is 16.6. The summed E-state index contributed by atoms with van der Waals surface area (Å²) in [5.74, 6) is -2.84. The van der Waals surface area contributed by atoms with E-state index in [1.54, 1.807) is 6.92 Å². The Balaban J connectivity index is 0.00000361. The Morgan fingerprint density at radius 1 is 1.13 bits per heavy atom. The quantitative estimate of drug-likeness (QED) is 0.276. The first-order chi connectivity index (χ1) is 17.3. The molecule has 0 bridgehead atoms. The molecular formula is C25H31Cl4N3O6. The molecule has 2 aromatic rings. The molecular weight excluding hydrogens is 580 g/mol. The van der Waals surface area contributed by atoms with E-state index in [-0.39, 0.29) is 65.6 Å². The van der Waals surface area contributed by atoms with Crippen LogP contribution in [0, 0.1) is 0 Å². The third-order valence-corrected chi connectivity index (χ3v) is 6.24. The number of hydrogen-bond donors (Lipinski definition) is 3. The van der Waals surface area contributed by atoms with Gasteiger partial charge in [0.25, 0.3) is 5.91 Å². The highest BCUT2D eigenvalue weighted by Crippen LogP contribution is 2.42. The monoisotopic (exact) mass is 609 g/mol. The number of nitrogens with zero attached hydrogens (tertiary/aromatic N) is 1. The lowest BCUT2D eigenvalue weighted by atomic mass is 10.1. The average molecular weight is 611 g/mol. The third kappa shape index (κ3) is 9.48. The lowest BCUT2D eigenvalue weighted by molar-refractivity contribution is -0.145. The van der Waals surface area contributed by atoms with Gasteiger partial charge in [-0.2, -0.15) is 0 Å². The van der Waals surface area contributed by atoms with Crippen LogP contribution in [0.2, 0.25) is 10.0 Å². The molecule has 13 heteroatoms. The Kier molecular flexibility index (Phi) is 14.8. The zero-order valence-corrected chi connectivity index (χ0v) is 23.9. The van der Waals surface area contributed by atoms with Gasteiger partial charge in [0.15, 0.2) is 11.5 Å². The molecule has 1 saturated heterocycles. The number of phenols is 1. The molecule has 1 atom stereocenters. The van der Waals surface area contributed by atoms with Crippen molar-refractivity contribution in [3.8, 4) is 11.5 Å². The van der Waals surface area contributed by atoms with Gasteiger partial charge in [0.2, 0.25) is 0 Å². The van der Waals surface area contributed by atoms with Crippen LogP contribution in [0.1, 0.15) is 29.3 Å². The second-order valence-corrected chi connectivity index (χ2v) is 8.97. The highest BCUT2D eigenvalue weighted by Gasteiger charge is 2.27. The number of hydrogen-bond acceptors (Lipinski definition) is 8. The Morgan fingerprint density at radius 3 is 2.42 bits per heavy atom. The number of amides is 1. The molecule has 0 spiro atoms. The molecule has 1 fully saturated rings. The number of benzene rings is 2. The summed E-state index contributed by atoms with van der Waals surface area (Å²) >= 11 is 12.5. The molecule has 210 valence electrons. The van der Waals surface area contributed by atoms with Crippen LogP contribution in [0.4, 0.5) is 0 Å². The lowest BCUT2D eigenvalue weighted by Crippen LogP contribution is -2.44. The molecule has 1 amide bonds. The van der Waals surface area contributed by atoms with E-state index in [4.69, 9.17) is 32.7 Å². The van der Waals surface area contributed by atoms with Crippen molar-refractivity contribution in [1.29, 1.82) is 0 Å². The van der Waals surface area contributed by atoms with Gasteiger partial charge in [-0.3, -0.25) is 9.59 Å². The number of carbonyl (C=O) groups is 3. The van der Waals surface area contributed by atoms with E-state index in [0.717, 1.165) is 37.8 Å². The van der Waals surface area contributed by atoms with Crippen molar-refractivity contribution in [2.75, 3.05) is 39.3 Å². The number of piperazine rings is 1. The zero-order chi connectivity index (χ0) is 26.1. The molecule has 0 unspecified atom stereocenters. The number of aromatic hydroxyl groups is 1. The van der Waals surface area contributed by atoms with E-state index >= 15 is 0 Å². The first kappa shape index (κ1) is 33.8. The normalized spacial score (nSPS) is 13.9. The number of esters is 2. The van der Waals surface area contributed by atoms with Crippen molar-refractivity contribution in [2.45, 2.75) is 25.8 Å². The summed E-state index contributed by atoms with van der Waals surface area (Å²) in [6.07, 6.45) is 0.285. The molecule has 0 aliphatic carbocycles. The number of nitrogens with one attached hydrogen (secondary N) is 2. The maximum atomic E-state index is 13.0. The smallest absolute Gasteiger partial charge is 0.328 e. The van der Waals surface area contributed by atoms with E-state index < -0.39 is 29.6 Å². The van der Waals surface area contributed by atoms with Crippen molar-refractivity contribution in [1.82, 2.24) is 15.5 Å². The number of rotatable bonds is 10. The zero-order valence-electron chi connectivity index (χ0n) is 20.7. The molecule has 1 aliphatic heterocycles. The van der Waals surface area contributed by atoms with Crippen LogP contribution in [0.5, 0.6) is 11.5 Å². The van der Waals surface area contributed by atoms with Crippen LogP contribution in [0.15, 0.2) is 36.4 Å². The lowest BCUT2D eigenvalue weighted by Gasteiger charge is -2.26. The summed E-state index contributed by atoms with van der Waals surface area (Å²) in [5.41, 5.74) is 0.534. The largest absolute Gasteiger partial charge is 0.505 e. The van der Waals surface area contributed by atoms with Gasteiger partial charge < -0.3 is 30.1 Å². The van der Waals surface area contributed by atoms with Crippen LogP contribution < -0.4 is 15.4 Å². The number of phenolic OH excluding ortho intramolecular Hbond substituents is 1. The SMILES string of the molecule is CCOC(=O)[C@H](Cc1ccccc1)NC(=O)c1cc(Cl)c(OC(=O)CCN2CCNCC2)c(Cl)c1O.Cl.Cl. The van der Waals surface area contributed by atoms with E-state index in [1.807, 2.05) is 30.3 Å². The minimum Gasteiger partial charge on any atom is -0.505 e. The highest BCUT2D eigenvalue weighted by molar-refractivity contribution is 6.39. The van der Waals surface area contributed by atoms with E-state index in [9.17, 15) is 19.5 Å². The number of ether oxygens (including phenoxy) is 2. The van der Waals surface area contributed by atoms with Gasteiger partial charge >= 0.3 is 11.9 Å². The summed E-state index contributed by atoms with van der Waals surface area (Å²) in [4.78, 5) is 39.9. The van der Waals surface area contributed by atoms with Crippen molar-refractivity contribution in [2.24, 2.45) is 0 Å². The first-order valence-electron chi connectivity index (χ1n) is 11.7. The average Bonchev–Trinajstić information content (AvgIpc) is 2.88. The first-order valence-corrected chi connectivity index (χ1v) is 12.4. The van der Waals surface area contributed by atoms with E-state index in [0.29, 0.717) is 6.54 Å². The van der Waals surface area contributed by atoms with Gasteiger partial charge in [0.05, 0.1) is 23.6 Å². The van der Waals surface area contributed by atoms with Crippen LogP contribution in [0.25, 0.3) is 0 Å². The summed E-state index contributed by atoms with van der Waals surface area (Å²) in [6, 6.07) is 9.22. The Bertz CT molecular complexity index is 1080. The Morgan fingerprint density at radius 2 is 1.79 bits per heavy atom. The number of carbonyl (C=O) groups excluding carboxylic acids is 3. The van der Waals surface area contributed by atoms with Gasteiger partial charge in [-0.05, 0) is 18.6 Å². The van der Waals surface area contributed by atoms with Crippen LogP contribution in [0.3, 0.4) is 0 Å². The van der Waals surface area contributed by atoms with Crippen LogP contribution in [-0.2, 0) is 20.7 Å². The fraction of sp³-hybridized carbons (Fsp3) is 0.400. The van der Waals surface area contributed by atoms with Gasteiger partial charge in [-0.1, -0.05) is 53.5 Å². The molecule has 1 aliphatic rings. The third-order valence-electron chi connectivity index (χ3n) is 5.61. The van der Waals surface area contributed by atoms with E-state index in [2.05, 4.69) is 15.5 Å². The fourth-order valence-corrected chi connectivity index (χ4v) is 4.26. The topological polar surface area (TPSA) is 117 Å². The van der Waals surface area contributed by atoms with Gasteiger partial charge in [-0.25, -0.2) is 4.79 Å². The summed E-state index contributed by atoms with van der Waals surface area (Å²) in [5, 5.41) is 15.9. The second-order valence-electron chi connectivity index (χ2n) is 8.18. The molecule has 0 saturated carbocycles. The predicted octanol–water partition coefficient (Wildman–Crippen LogP) is 3.65.